The number of nitrogens with zero attached hydrogens (tertiary/aromatic N) is 5. The Morgan fingerprint density at radius 3 is 2.90 bits per heavy atom. The predicted octanol–water partition coefficient (Wildman–Crippen LogP) is 2.41. The molecule has 0 spiro atoms. The number of pyridine rings is 1. The Morgan fingerprint density at radius 1 is 1.31 bits per heavy atom. The summed E-state index contributed by atoms with van der Waals surface area (Å²) in [4.78, 5) is 21.9. The van der Waals surface area contributed by atoms with Gasteiger partial charge in [0.05, 0.1) is 22.0 Å². The standard InChI is InChI=1S/C21H22N6O2/c1-11-18-12(10-26(2)25-18)7-15(19(11)28)20-23-9-16-17(24-20)5-6-27(21(16)29)14-4-3-13(22)8-14/h5-7,9-10,13-14,28H,3-4,8,22H2,1-2H3/t13-,14+/m0/s1. The van der Waals surface area contributed by atoms with Crippen LogP contribution in [0, 0.1) is 6.92 Å². The van der Waals surface area contributed by atoms with Gasteiger partial charge in [-0.05, 0) is 38.3 Å². The van der Waals surface area contributed by atoms with Crippen LogP contribution in [-0.2, 0) is 7.05 Å². The second-order valence-electron chi connectivity index (χ2n) is 7.89. The summed E-state index contributed by atoms with van der Waals surface area (Å²) in [5.41, 5.74) is 8.41. The van der Waals surface area contributed by atoms with Crippen LogP contribution < -0.4 is 11.3 Å². The second-order valence-corrected chi connectivity index (χ2v) is 7.89. The number of hydrogen-bond donors (Lipinski definition) is 2. The number of aromatic nitrogens is 5. The van der Waals surface area contributed by atoms with Crippen molar-refractivity contribution in [1.29, 1.82) is 0 Å². The third-order valence-corrected chi connectivity index (χ3v) is 5.88. The maximum atomic E-state index is 13.0. The van der Waals surface area contributed by atoms with E-state index in [0.29, 0.717) is 27.9 Å². The Morgan fingerprint density at radius 2 is 2.14 bits per heavy atom. The van der Waals surface area contributed by atoms with Gasteiger partial charge in [0.25, 0.3) is 5.56 Å². The molecule has 1 aromatic carbocycles. The van der Waals surface area contributed by atoms with Crippen LogP contribution in [0.25, 0.3) is 33.2 Å². The van der Waals surface area contributed by atoms with Gasteiger partial charge in [-0.15, -0.1) is 0 Å². The minimum atomic E-state index is -0.101. The number of nitrogens with two attached hydrogens (primary N) is 1. The fourth-order valence-corrected chi connectivity index (χ4v) is 4.32. The van der Waals surface area contributed by atoms with Crippen molar-refractivity contribution in [3.8, 4) is 17.1 Å². The van der Waals surface area contributed by atoms with E-state index in [0.717, 1.165) is 30.2 Å². The number of aromatic hydroxyl groups is 1. The average molecular weight is 390 g/mol. The first-order chi connectivity index (χ1) is 13.9. The van der Waals surface area contributed by atoms with E-state index in [1.807, 2.05) is 32.3 Å². The van der Waals surface area contributed by atoms with E-state index in [9.17, 15) is 9.90 Å². The summed E-state index contributed by atoms with van der Waals surface area (Å²) in [6.07, 6.45) is 7.87. The Balaban J connectivity index is 1.63. The molecule has 1 saturated carbocycles. The molecule has 0 amide bonds. The van der Waals surface area contributed by atoms with Gasteiger partial charge >= 0.3 is 0 Å². The largest absolute Gasteiger partial charge is 0.507 e. The number of hydrogen-bond acceptors (Lipinski definition) is 6. The van der Waals surface area contributed by atoms with Gasteiger partial charge in [-0.1, -0.05) is 0 Å². The fourth-order valence-electron chi connectivity index (χ4n) is 4.32. The van der Waals surface area contributed by atoms with Crippen molar-refractivity contribution in [1.82, 2.24) is 24.3 Å². The third-order valence-electron chi connectivity index (χ3n) is 5.88. The van der Waals surface area contributed by atoms with Gasteiger partial charge in [-0.2, -0.15) is 5.10 Å². The zero-order chi connectivity index (χ0) is 20.3. The van der Waals surface area contributed by atoms with Crippen LogP contribution in [0.3, 0.4) is 0 Å². The van der Waals surface area contributed by atoms with E-state index in [-0.39, 0.29) is 23.4 Å². The fraction of sp³-hybridized carbons (Fsp3) is 0.333. The molecule has 0 bridgehead atoms. The van der Waals surface area contributed by atoms with Crippen LogP contribution in [0.5, 0.6) is 5.75 Å². The smallest absolute Gasteiger partial charge is 0.261 e. The van der Waals surface area contributed by atoms with Gasteiger partial charge in [-0.3, -0.25) is 9.48 Å². The van der Waals surface area contributed by atoms with Crippen LogP contribution in [0.1, 0.15) is 30.9 Å². The third kappa shape index (κ3) is 2.79. The van der Waals surface area contributed by atoms with Gasteiger partial charge in [0.1, 0.15) is 5.75 Å². The minimum absolute atomic E-state index is 0.101. The van der Waals surface area contributed by atoms with Crippen LogP contribution in [0.2, 0.25) is 0 Å². The second kappa shape index (κ2) is 6.38. The lowest BCUT2D eigenvalue weighted by molar-refractivity contribution is 0.473. The summed E-state index contributed by atoms with van der Waals surface area (Å²) >= 11 is 0. The number of phenolic OH excluding ortho intramolecular Hbond substituents is 1. The normalized spacial score (nSPS) is 19.4. The first kappa shape index (κ1) is 17.8. The van der Waals surface area contributed by atoms with E-state index in [1.54, 1.807) is 21.6 Å². The van der Waals surface area contributed by atoms with Crippen molar-refractivity contribution in [2.45, 2.75) is 38.3 Å². The first-order valence-electron chi connectivity index (χ1n) is 9.72. The van der Waals surface area contributed by atoms with Crippen molar-refractivity contribution in [2.75, 3.05) is 0 Å². The van der Waals surface area contributed by atoms with Crippen molar-refractivity contribution in [3.63, 3.8) is 0 Å². The van der Waals surface area contributed by atoms with Crippen LogP contribution in [0.4, 0.5) is 0 Å². The summed E-state index contributed by atoms with van der Waals surface area (Å²) in [7, 11) is 1.84. The maximum Gasteiger partial charge on any atom is 0.261 e. The molecule has 3 N–H and O–H groups in total. The molecule has 1 aliphatic carbocycles. The van der Waals surface area contributed by atoms with E-state index in [1.165, 1.54) is 0 Å². The highest BCUT2D eigenvalue weighted by Crippen LogP contribution is 2.35. The monoisotopic (exact) mass is 390 g/mol. The number of aryl methyl sites for hydroxylation is 2. The molecule has 0 saturated heterocycles. The Hall–Kier alpha value is -3.26. The number of rotatable bonds is 2. The van der Waals surface area contributed by atoms with E-state index in [4.69, 9.17) is 5.73 Å². The molecular weight excluding hydrogens is 368 g/mol. The Labute approximate surface area is 166 Å². The molecule has 3 aromatic heterocycles. The van der Waals surface area contributed by atoms with E-state index in [2.05, 4.69) is 15.1 Å². The lowest BCUT2D eigenvalue weighted by atomic mass is 10.1. The first-order valence-corrected chi connectivity index (χ1v) is 9.72. The summed E-state index contributed by atoms with van der Waals surface area (Å²) < 4.78 is 3.46. The molecule has 0 unspecified atom stereocenters. The Kier molecular flexibility index (Phi) is 3.92. The molecule has 3 heterocycles. The number of benzene rings is 1. The molecule has 8 nitrogen and oxygen atoms in total. The zero-order valence-corrected chi connectivity index (χ0v) is 16.3. The zero-order valence-electron chi connectivity index (χ0n) is 16.3. The molecule has 29 heavy (non-hydrogen) atoms. The lowest BCUT2D eigenvalue weighted by Crippen LogP contribution is -2.24. The molecule has 0 aliphatic heterocycles. The van der Waals surface area contributed by atoms with Crippen molar-refractivity contribution < 1.29 is 5.11 Å². The summed E-state index contributed by atoms with van der Waals surface area (Å²) in [5.74, 6) is 0.479. The predicted molar refractivity (Wildman–Crippen MR) is 111 cm³/mol. The highest BCUT2D eigenvalue weighted by Gasteiger charge is 2.24. The van der Waals surface area contributed by atoms with Gasteiger partial charge in [0.15, 0.2) is 5.82 Å². The topological polar surface area (TPSA) is 112 Å². The van der Waals surface area contributed by atoms with Crippen molar-refractivity contribution >= 4 is 21.8 Å². The van der Waals surface area contributed by atoms with E-state index < -0.39 is 0 Å². The molecule has 5 rings (SSSR count). The summed E-state index contributed by atoms with van der Waals surface area (Å²) in [6.45, 7) is 1.82. The lowest BCUT2D eigenvalue weighted by Gasteiger charge is -2.14. The highest BCUT2D eigenvalue weighted by molar-refractivity contribution is 5.90. The maximum absolute atomic E-state index is 13.0. The molecule has 2 atom stereocenters. The minimum Gasteiger partial charge on any atom is -0.507 e. The van der Waals surface area contributed by atoms with Crippen LogP contribution in [0.15, 0.2) is 35.5 Å². The van der Waals surface area contributed by atoms with Gasteiger partial charge in [0.2, 0.25) is 0 Å². The summed E-state index contributed by atoms with van der Waals surface area (Å²) in [5, 5.41) is 16.4. The van der Waals surface area contributed by atoms with E-state index >= 15 is 0 Å². The van der Waals surface area contributed by atoms with Gasteiger partial charge in [-0.25, -0.2) is 9.97 Å². The molecule has 4 aromatic rings. The molecule has 148 valence electrons. The Bertz CT molecular complexity index is 1320. The number of phenols is 1. The molecular formula is C21H22N6O2. The van der Waals surface area contributed by atoms with Crippen molar-refractivity contribution in [2.24, 2.45) is 12.8 Å². The van der Waals surface area contributed by atoms with Crippen LogP contribution in [-0.4, -0.2) is 35.5 Å². The quantitative estimate of drug-likeness (QED) is 0.544. The molecule has 1 fully saturated rings. The SMILES string of the molecule is Cc1c(O)c(-c2ncc3c(=O)n([C@@H]4CC[C@H](N)C4)ccc3n2)cc2cn(C)nc12. The van der Waals surface area contributed by atoms with Gasteiger partial charge < -0.3 is 15.4 Å². The number of fused-ring (bicyclic) bond motifs is 2. The van der Waals surface area contributed by atoms with Crippen molar-refractivity contribution in [3.05, 3.63) is 46.6 Å². The highest BCUT2D eigenvalue weighted by atomic mass is 16.3. The van der Waals surface area contributed by atoms with Gasteiger partial charge in [0, 0.05) is 48.7 Å². The molecule has 0 radical (unpaired) electrons. The van der Waals surface area contributed by atoms with Crippen LogP contribution >= 0.6 is 0 Å². The summed E-state index contributed by atoms with van der Waals surface area (Å²) in [6, 6.07) is 3.93. The molecule has 8 heteroatoms. The molecule has 1 aliphatic rings. The average Bonchev–Trinajstić information content (AvgIpc) is 3.30.